The molecule has 0 aliphatic heterocycles. The fraction of sp³-hybridized carbons (Fsp3) is 0.538. The predicted molar refractivity (Wildman–Crippen MR) is 83.7 cm³/mol. The second-order valence-electron chi connectivity index (χ2n) is 4.48. The minimum absolute atomic E-state index is 0.0209. The molecule has 0 unspecified atom stereocenters. The number of fused-ring (bicyclic) bond motifs is 1. The lowest BCUT2D eigenvalue weighted by atomic mass is 10.4. The average Bonchev–Trinajstić information content (AvgIpc) is 2.85. The summed E-state index contributed by atoms with van der Waals surface area (Å²) in [5, 5.41) is 2.65. The van der Waals surface area contributed by atoms with Crippen LogP contribution in [0.4, 0.5) is 0 Å². The van der Waals surface area contributed by atoms with Crippen molar-refractivity contribution >= 4 is 33.8 Å². The van der Waals surface area contributed by atoms with Crippen molar-refractivity contribution in [1.82, 2.24) is 14.5 Å². The normalized spacial score (nSPS) is 11.5. The molecular formula is C13H19N3OS2. The molecule has 0 saturated carbocycles. The second-order valence-corrected chi connectivity index (χ2v) is 5.79. The van der Waals surface area contributed by atoms with E-state index in [1.807, 2.05) is 11.4 Å². The van der Waals surface area contributed by atoms with Gasteiger partial charge in [-0.1, -0.05) is 13.8 Å². The van der Waals surface area contributed by atoms with Gasteiger partial charge in [-0.15, -0.1) is 11.3 Å². The van der Waals surface area contributed by atoms with E-state index in [9.17, 15) is 4.79 Å². The summed E-state index contributed by atoms with van der Waals surface area (Å²) in [6.07, 6.45) is 1.12. The monoisotopic (exact) mass is 297 g/mol. The summed E-state index contributed by atoms with van der Waals surface area (Å²) in [6.45, 7) is 7.87. The van der Waals surface area contributed by atoms with Gasteiger partial charge in [0.05, 0.1) is 5.39 Å². The average molecular weight is 297 g/mol. The van der Waals surface area contributed by atoms with Crippen LogP contribution in [-0.4, -0.2) is 34.1 Å². The first-order valence-corrected chi connectivity index (χ1v) is 7.88. The molecule has 0 saturated heterocycles. The number of hydrogen-bond donors (Lipinski definition) is 1. The Labute approximate surface area is 121 Å². The number of aromatic amines is 1. The van der Waals surface area contributed by atoms with Gasteiger partial charge in [0.2, 0.25) is 0 Å². The van der Waals surface area contributed by atoms with E-state index in [-0.39, 0.29) is 5.56 Å². The molecular weight excluding hydrogens is 278 g/mol. The van der Waals surface area contributed by atoms with E-state index in [1.165, 1.54) is 11.3 Å². The zero-order valence-corrected chi connectivity index (χ0v) is 12.9. The molecule has 0 bridgehead atoms. The molecule has 0 amide bonds. The largest absolute Gasteiger partial charge is 0.323 e. The third-order valence-corrected chi connectivity index (χ3v) is 4.39. The first-order chi connectivity index (χ1) is 9.17. The molecule has 0 atom stereocenters. The minimum Gasteiger partial charge on any atom is -0.323 e. The van der Waals surface area contributed by atoms with Gasteiger partial charge in [0.1, 0.15) is 4.83 Å². The zero-order chi connectivity index (χ0) is 13.8. The van der Waals surface area contributed by atoms with Crippen molar-refractivity contribution in [2.45, 2.75) is 26.8 Å². The van der Waals surface area contributed by atoms with Crippen molar-refractivity contribution in [2.75, 3.05) is 19.6 Å². The quantitative estimate of drug-likeness (QED) is 0.834. The summed E-state index contributed by atoms with van der Waals surface area (Å²) >= 11 is 6.80. The van der Waals surface area contributed by atoms with Crippen LogP contribution in [0, 0.1) is 4.77 Å². The molecule has 4 nitrogen and oxygen atoms in total. The highest BCUT2D eigenvalue weighted by molar-refractivity contribution is 7.71. The number of likely N-dealkylation sites (N-methyl/N-ethyl adjacent to an activating group) is 1. The summed E-state index contributed by atoms with van der Waals surface area (Å²) in [5.41, 5.74) is 0.0209. The number of rotatable bonds is 6. The maximum Gasteiger partial charge on any atom is 0.263 e. The van der Waals surface area contributed by atoms with Crippen molar-refractivity contribution in [1.29, 1.82) is 0 Å². The van der Waals surface area contributed by atoms with E-state index in [2.05, 4.69) is 23.7 Å². The Hall–Kier alpha value is -0.980. The van der Waals surface area contributed by atoms with Gasteiger partial charge in [0, 0.05) is 13.1 Å². The molecule has 0 fully saturated rings. The highest BCUT2D eigenvalue weighted by atomic mass is 32.1. The SMILES string of the molecule is CCCN(CC)CCn1c(=S)[nH]c2sccc2c1=O. The van der Waals surface area contributed by atoms with Crippen molar-refractivity contribution in [3.05, 3.63) is 26.6 Å². The van der Waals surface area contributed by atoms with Gasteiger partial charge in [0.25, 0.3) is 5.56 Å². The number of aromatic nitrogens is 2. The van der Waals surface area contributed by atoms with Crippen LogP contribution in [0.25, 0.3) is 10.2 Å². The van der Waals surface area contributed by atoms with Gasteiger partial charge in [-0.2, -0.15) is 0 Å². The molecule has 0 aliphatic rings. The van der Waals surface area contributed by atoms with E-state index in [0.717, 1.165) is 36.3 Å². The standard InChI is InChI=1S/C13H19N3OS2/c1-3-6-15(4-2)7-8-16-12(17)10-5-9-19-11(10)14-13(16)18/h5,9H,3-4,6-8H2,1-2H3,(H,14,18). The molecule has 6 heteroatoms. The summed E-state index contributed by atoms with van der Waals surface area (Å²) < 4.78 is 2.19. The van der Waals surface area contributed by atoms with Crippen molar-refractivity contribution in [2.24, 2.45) is 0 Å². The van der Waals surface area contributed by atoms with Crippen LogP contribution in [0.2, 0.25) is 0 Å². The summed E-state index contributed by atoms with van der Waals surface area (Å²) in [4.78, 5) is 18.7. The van der Waals surface area contributed by atoms with Crippen molar-refractivity contribution in [3.8, 4) is 0 Å². The van der Waals surface area contributed by atoms with E-state index in [1.54, 1.807) is 4.57 Å². The van der Waals surface area contributed by atoms with E-state index in [4.69, 9.17) is 12.2 Å². The Balaban J connectivity index is 2.25. The lowest BCUT2D eigenvalue weighted by Gasteiger charge is -2.19. The Bertz CT molecular complexity index is 656. The Morgan fingerprint density at radius 1 is 1.42 bits per heavy atom. The lowest BCUT2D eigenvalue weighted by Crippen LogP contribution is -2.32. The molecule has 2 rings (SSSR count). The second kappa shape index (κ2) is 6.45. The maximum absolute atomic E-state index is 12.3. The number of nitrogens with one attached hydrogen (secondary N) is 1. The van der Waals surface area contributed by atoms with E-state index < -0.39 is 0 Å². The minimum atomic E-state index is 0.0209. The maximum atomic E-state index is 12.3. The van der Waals surface area contributed by atoms with Crippen LogP contribution in [0.3, 0.4) is 0 Å². The van der Waals surface area contributed by atoms with Crippen LogP contribution >= 0.6 is 23.6 Å². The van der Waals surface area contributed by atoms with Gasteiger partial charge in [-0.25, -0.2) is 0 Å². The summed E-state index contributed by atoms with van der Waals surface area (Å²) in [6, 6.07) is 1.85. The Morgan fingerprint density at radius 3 is 2.89 bits per heavy atom. The highest BCUT2D eigenvalue weighted by Crippen LogP contribution is 2.13. The van der Waals surface area contributed by atoms with Gasteiger partial charge in [-0.05, 0) is 43.2 Å². The van der Waals surface area contributed by atoms with E-state index >= 15 is 0 Å². The van der Waals surface area contributed by atoms with Gasteiger partial charge in [0.15, 0.2) is 4.77 Å². The van der Waals surface area contributed by atoms with Crippen LogP contribution in [-0.2, 0) is 6.54 Å². The van der Waals surface area contributed by atoms with Gasteiger partial charge in [-0.3, -0.25) is 9.36 Å². The molecule has 0 spiro atoms. The number of nitrogens with zero attached hydrogens (tertiary/aromatic N) is 2. The molecule has 0 radical (unpaired) electrons. The van der Waals surface area contributed by atoms with Crippen molar-refractivity contribution < 1.29 is 0 Å². The fourth-order valence-electron chi connectivity index (χ4n) is 2.17. The Morgan fingerprint density at radius 2 is 2.21 bits per heavy atom. The molecule has 1 N–H and O–H groups in total. The highest BCUT2D eigenvalue weighted by Gasteiger charge is 2.08. The van der Waals surface area contributed by atoms with Crippen molar-refractivity contribution in [3.63, 3.8) is 0 Å². The molecule has 19 heavy (non-hydrogen) atoms. The molecule has 0 aromatic carbocycles. The fourth-order valence-corrected chi connectivity index (χ4v) is 3.28. The molecule has 0 aliphatic carbocycles. The Kier molecular flexibility index (Phi) is 4.90. The summed E-state index contributed by atoms with van der Waals surface area (Å²) in [5.74, 6) is 0. The molecule has 2 aromatic rings. The van der Waals surface area contributed by atoms with Crippen LogP contribution < -0.4 is 5.56 Å². The zero-order valence-electron chi connectivity index (χ0n) is 11.3. The summed E-state index contributed by atoms with van der Waals surface area (Å²) in [7, 11) is 0. The third kappa shape index (κ3) is 3.13. The number of H-pyrrole nitrogens is 1. The van der Waals surface area contributed by atoms with Crippen LogP contribution in [0.15, 0.2) is 16.2 Å². The van der Waals surface area contributed by atoms with Crippen LogP contribution in [0.1, 0.15) is 20.3 Å². The van der Waals surface area contributed by atoms with Gasteiger partial charge >= 0.3 is 0 Å². The lowest BCUT2D eigenvalue weighted by molar-refractivity contribution is 0.274. The van der Waals surface area contributed by atoms with E-state index in [0.29, 0.717) is 11.3 Å². The number of thiophene rings is 1. The molecule has 2 aromatic heterocycles. The first kappa shape index (κ1) is 14.4. The first-order valence-electron chi connectivity index (χ1n) is 6.60. The third-order valence-electron chi connectivity index (χ3n) is 3.23. The molecule has 2 heterocycles. The van der Waals surface area contributed by atoms with Crippen LogP contribution in [0.5, 0.6) is 0 Å². The smallest absolute Gasteiger partial charge is 0.263 e. The topological polar surface area (TPSA) is 41.0 Å². The number of hydrogen-bond acceptors (Lipinski definition) is 4. The van der Waals surface area contributed by atoms with Gasteiger partial charge < -0.3 is 9.88 Å². The molecule has 104 valence electrons. The predicted octanol–water partition coefficient (Wildman–Crippen LogP) is 2.85.